The third-order valence-corrected chi connectivity index (χ3v) is 3.75. The highest BCUT2D eigenvalue weighted by molar-refractivity contribution is 14.0. The van der Waals surface area contributed by atoms with Gasteiger partial charge in [-0.05, 0) is 24.6 Å². The highest BCUT2D eigenvalue weighted by Crippen LogP contribution is 2.30. The molecule has 0 aromatic heterocycles. The number of hydrogen-bond donors (Lipinski definition) is 2. The molecule has 1 aromatic carbocycles. The van der Waals surface area contributed by atoms with Crippen LogP contribution in [-0.4, -0.2) is 39.3 Å². The summed E-state index contributed by atoms with van der Waals surface area (Å²) in [6.45, 7) is 5.41. The first kappa shape index (κ1) is 21.8. The molecule has 0 aliphatic rings. The van der Waals surface area contributed by atoms with Crippen LogP contribution in [0.15, 0.2) is 23.2 Å². The number of methoxy groups -OCH3 is 1. The Morgan fingerprint density at radius 2 is 1.86 bits per heavy atom. The van der Waals surface area contributed by atoms with E-state index in [1.54, 1.807) is 14.2 Å². The van der Waals surface area contributed by atoms with Gasteiger partial charge in [-0.2, -0.15) is 0 Å². The van der Waals surface area contributed by atoms with Gasteiger partial charge in [-0.1, -0.05) is 36.2 Å². The Bertz CT molecular complexity index is 466. The van der Waals surface area contributed by atoms with E-state index < -0.39 is 0 Å². The number of aliphatic imine (C=N–C) groups is 1. The van der Waals surface area contributed by atoms with E-state index in [2.05, 4.69) is 22.5 Å². The van der Waals surface area contributed by atoms with E-state index in [9.17, 15) is 0 Å². The number of hydrogen-bond acceptors (Lipinski definition) is 2. The van der Waals surface area contributed by atoms with Gasteiger partial charge in [-0.25, -0.2) is 0 Å². The van der Waals surface area contributed by atoms with E-state index in [1.165, 1.54) is 0 Å². The summed E-state index contributed by atoms with van der Waals surface area (Å²) in [6, 6.07) is 5.74. The van der Waals surface area contributed by atoms with Gasteiger partial charge in [0.1, 0.15) is 0 Å². The molecule has 126 valence electrons. The van der Waals surface area contributed by atoms with E-state index in [1.807, 2.05) is 25.1 Å². The minimum absolute atomic E-state index is 0. The van der Waals surface area contributed by atoms with Crippen LogP contribution in [0.5, 0.6) is 0 Å². The lowest BCUT2D eigenvalue weighted by molar-refractivity contribution is 0.179. The SMILES string of the molecule is CN=C(NCC(C)c1c(Cl)cccc1Cl)NC(C)COC.I. The molecule has 0 saturated carbocycles. The standard InChI is InChI=1S/C15H23Cl2N3O.HI/c1-10(14-12(16)6-5-7-13(14)17)8-19-15(18-3)20-11(2)9-21-4;/h5-7,10-11H,8-9H2,1-4H3,(H2,18,19,20);1H. The van der Waals surface area contributed by atoms with Gasteiger partial charge in [0.25, 0.3) is 0 Å². The van der Waals surface area contributed by atoms with Gasteiger partial charge >= 0.3 is 0 Å². The van der Waals surface area contributed by atoms with Gasteiger partial charge < -0.3 is 15.4 Å². The van der Waals surface area contributed by atoms with E-state index in [4.69, 9.17) is 27.9 Å². The summed E-state index contributed by atoms with van der Waals surface area (Å²) in [4.78, 5) is 4.19. The summed E-state index contributed by atoms with van der Waals surface area (Å²) in [5.74, 6) is 0.900. The molecule has 0 amide bonds. The average Bonchev–Trinajstić information content (AvgIpc) is 2.43. The molecule has 0 spiro atoms. The molecule has 7 heteroatoms. The van der Waals surface area contributed by atoms with Crippen molar-refractivity contribution in [3.05, 3.63) is 33.8 Å². The normalized spacial score (nSPS) is 14.0. The topological polar surface area (TPSA) is 45.7 Å². The predicted molar refractivity (Wildman–Crippen MR) is 106 cm³/mol. The Kier molecular flexibility index (Phi) is 11.2. The zero-order valence-corrected chi connectivity index (χ0v) is 17.2. The maximum absolute atomic E-state index is 6.22. The number of halogens is 3. The maximum atomic E-state index is 6.22. The fourth-order valence-electron chi connectivity index (χ4n) is 2.05. The van der Waals surface area contributed by atoms with E-state index in [0.29, 0.717) is 23.2 Å². The first-order chi connectivity index (χ1) is 9.99. The van der Waals surface area contributed by atoms with Gasteiger partial charge in [-0.15, -0.1) is 24.0 Å². The number of nitrogens with zero attached hydrogens (tertiary/aromatic N) is 1. The molecule has 1 rings (SSSR count). The fraction of sp³-hybridized carbons (Fsp3) is 0.533. The highest BCUT2D eigenvalue weighted by Gasteiger charge is 2.14. The van der Waals surface area contributed by atoms with Crippen molar-refractivity contribution in [2.75, 3.05) is 27.3 Å². The van der Waals surface area contributed by atoms with Crippen LogP contribution in [0, 0.1) is 0 Å². The Balaban J connectivity index is 0.00000441. The Hall–Kier alpha value is -0.240. The molecule has 2 N–H and O–H groups in total. The van der Waals surface area contributed by atoms with Crippen LogP contribution >= 0.6 is 47.2 Å². The summed E-state index contributed by atoms with van der Waals surface area (Å²) >= 11 is 12.4. The largest absolute Gasteiger partial charge is 0.383 e. The Morgan fingerprint density at radius 1 is 1.27 bits per heavy atom. The molecule has 0 radical (unpaired) electrons. The number of ether oxygens (including phenoxy) is 1. The van der Waals surface area contributed by atoms with Gasteiger partial charge in [0.15, 0.2) is 5.96 Å². The average molecular weight is 460 g/mol. The minimum atomic E-state index is 0. The maximum Gasteiger partial charge on any atom is 0.191 e. The second kappa shape index (κ2) is 11.3. The van der Waals surface area contributed by atoms with Crippen molar-refractivity contribution in [2.45, 2.75) is 25.8 Å². The summed E-state index contributed by atoms with van der Waals surface area (Å²) < 4.78 is 5.10. The van der Waals surface area contributed by atoms with Gasteiger partial charge in [0, 0.05) is 42.7 Å². The van der Waals surface area contributed by atoms with Crippen LogP contribution < -0.4 is 10.6 Å². The van der Waals surface area contributed by atoms with E-state index in [0.717, 1.165) is 11.5 Å². The Morgan fingerprint density at radius 3 is 2.36 bits per heavy atom. The van der Waals surface area contributed by atoms with Crippen molar-refractivity contribution in [1.82, 2.24) is 10.6 Å². The van der Waals surface area contributed by atoms with Crippen LogP contribution in [0.3, 0.4) is 0 Å². The van der Waals surface area contributed by atoms with Crippen LogP contribution in [0.25, 0.3) is 0 Å². The van der Waals surface area contributed by atoms with Crippen molar-refractivity contribution in [3.8, 4) is 0 Å². The van der Waals surface area contributed by atoms with Crippen molar-refractivity contribution >= 4 is 53.1 Å². The zero-order valence-electron chi connectivity index (χ0n) is 13.3. The van der Waals surface area contributed by atoms with Crippen LogP contribution in [-0.2, 0) is 4.74 Å². The molecule has 1 aromatic rings. The van der Waals surface area contributed by atoms with Crippen molar-refractivity contribution in [1.29, 1.82) is 0 Å². The molecule has 0 aliphatic carbocycles. The quantitative estimate of drug-likeness (QED) is 0.385. The molecule has 4 nitrogen and oxygen atoms in total. The lowest BCUT2D eigenvalue weighted by Gasteiger charge is -2.20. The van der Waals surface area contributed by atoms with Gasteiger partial charge in [0.05, 0.1) is 6.61 Å². The Labute approximate surface area is 160 Å². The molecule has 0 aliphatic heterocycles. The lowest BCUT2D eigenvalue weighted by atomic mass is 10.0. The summed E-state index contributed by atoms with van der Waals surface area (Å²) in [7, 11) is 3.41. The molecule has 2 unspecified atom stereocenters. The molecular formula is C15H24Cl2IN3O. The molecule has 2 atom stereocenters. The molecule has 0 heterocycles. The fourth-order valence-corrected chi connectivity index (χ4v) is 2.82. The number of benzene rings is 1. The monoisotopic (exact) mass is 459 g/mol. The first-order valence-electron chi connectivity index (χ1n) is 6.89. The molecule has 22 heavy (non-hydrogen) atoms. The number of nitrogens with one attached hydrogen (secondary N) is 2. The van der Waals surface area contributed by atoms with Gasteiger partial charge in [0.2, 0.25) is 0 Å². The van der Waals surface area contributed by atoms with Crippen molar-refractivity contribution in [2.24, 2.45) is 4.99 Å². The third-order valence-electron chi connectivity index (χ3n) is 3.09. The summed E-state index contributed by atoms with van der Waals surface area (Å²) in [5.41, 5.74) is 0.953. The lowest BCUT2D eigenvalue weighted by Crippen LogP contribution is -2.44. The summed E-state index contributed by atoms with van der Waals surface area (Å²) in [5, 5.41) is 7.90. The smallest absolute Gasteiger partial charge is 0.191 e. The molecule has 0 saturated heterocycles. The van der Waals surface area contributed by atoms with E-state index >= 15 is 0 Å². The minimum Gasteiger partial charge on any atom is -0.383 e. The van der Waals surface area contributed by atoms with Gasteiger partial charge in [-0.3, -0.25) is 4.99 Å². The first-order valence-corrected chi connectivity index (χ1v) is 7.65. The number of guanidine groups is 1. The third kappa shape index (κ3) is 6.89. The zero-order chi connectivity index (χ0) is 15.8. The second-order valence-corrected chi connectivity index (χ2v) is 5.80. The predicted octanol–water partition coefficient (Wildman–Crippen LogP) is 3.91. The molecule has 0 bridgehead atoms. The van der Waals surface area contributed by atoms with E-state index in [-0.39, 0.29) is 35.9 Å². The van der Waals surface area contributed by atoms with Crippen molar-refractivity contribution < 1.29 is 4.74 Å². The summed E-state index contributed by atoms with van der Waals surface area (Å²) in [6.07, 6.45) is 0. The van der Waals surface area contributed by atoms with Crippen LogP contribution in [0.2, 0.25) is 10.0 Å². The molecular weight excluding hydrogens is 436 g/mol. The second-order valence-electron chi connectivity index (χ2n) is 4.99. The number of rotatable bonds is 6. The highest BCUT2D eigenvalue weighted by atomic mass is 127. The van der Waals surface area contributed by atoms with Crippen molar-refractivity contribution in [3.63, 3.8) is 0 Å². The molecule has 0 fully saturated rings. The van der Waals surface area contributed by atoms with Crippen LogP contribution in [0.4, 0.5) is 0 Å². The van der Waals surface area contributed by atoms with Crippen LogP contribution in [0.1, 0.15) is 25.3 Å².